The summed E-state index contributed by atoms with van der Waals surface area (Å²) >= 11 is 0. The minimum atomic E-state index is -0.425. The van der Waals surface area contributed by atoms with Crippen molar-refractivity contribution in [2.24, 2.45) is 0 Å². The number of amides is 1. The van der Waals surface area contributed by atoms with Crippen LogP contribution in [0, 0.1) is 0 Å². The zero-order valence-corrected chi connectivity index (χ0v) is 5.83. The average Bonchev–Trinajstić information content (AvgIpc) is 2.30. The molecule has 4 nitrogen and oxygen atoms in total. The van der Waals surface area contributed by atoms with Gasteiger partial charge in [-0.25, -0.2) is 4.79 Å². The predicted molar refractivity (Wildman–Crippen MR) is 34.6 cm³/mol. The van der Waals surface area contributed by atoms with Crippen LogP contribution >= 0.6 is 0 Å². The van der Waals surface area contributed by atoms with Crippen molar-refractivity contribution in [1.29, 1.82) is 0 Å². The first-order valence-corrected chi connectivity index (χ1v) is 3.36. The molecule has 1 amide bonds. The van der Waals surface area contributed by atoms with Crippen molar-refractivity contribution in [2.45, 2.75) is 25.5 Å². The standard InChI is InChI=1S/C6H11NO3/c1-2-5-4(3-8)7-6(9)10-5/h4-5,8H,2-3H2,1H3,(H,7,9)/t4-,5-/m0/s1. The van der Waals surface area contributed by atoms with E-state index in [1.807, 2.05) is 6.92 Å². The van der Waals surface area contributed by atoms with Crippen molar-refractivity contribution in [3.8, 4) is 0 Å². The SMILES string of the molecule is CC[C@@H]1OC(=O)N[C@H]1CO. The first kappa shape index (κ1) is 7.34. The lowest BCUT2D eigenvalue weighted by Crippen LogP contribution is -2.34. The van der Waals surface area contributed by atoms with Gasteiger partial charge >= 0.3 is 6.09 Å². The van der Waals surface area contributed by atoms with Crippen molar-refractivity contribution < 1.29 is 14.6 Å². The Kier molecular flexibility index (Phi) is 2.11. The predicted octanol–water partition coefficient (Wildman–Crippen LogP) is -0.134. The molecule has 1 saturated heterocycles. The summed E-state index contributed by atoms with van der Waals surface area (Å²) in [5, 5.41) is 11.2. The van der Waals surface area contributed by atoms with Crippen LogP contribution in [0.2, 0.25) is 0 Å². The maximum atomic E-state index is 10.5. The minimum absolute atomic E-state index is 0.0513. The molecule has 0 saturated carbocycles. The second-order valence-corrected chi connectivity index (χ2v) is 2.29. The van der Waals surface area contributed by atoms with Gasteiger partial charge in [0.2, 0.25) is 0 Å². The van der Waals surface area contributed by atoms with Crippen LogP contribution in [0.4, 0.5) is 4.79 Å². The fourth-order valence-electron chi connectivity index (χ4n) is 1.03. The Balaban J connectivity index is 2.48. The maximum absolute atomic E-state index is 10.5. The number of aliphatic hydroxyl groups is 1. The summed E-state index contributed by atoms with van der Waals surface area (Å²) in [4.78, 5) is 10.5. The summed E-state index contributed by atoms with van der Waals surface area (Å²) in [6.07, 6.45) is 0.160. The summed E-state index contributed by atoms with van der Waals surface area (Å²) < 4.78 is 4.80. The fourth-order valence-corrected chi connectivity index (χ4v) is 1.03. The van der Waals surface area contributed by atoms with Crippen LogP contribution in [0.1, 0.15) is 13.3 Å². The van der Waals surface area contributed by atoms with E-state index in [0.29, 0.717) is 0 Å². The van der Waals surface area contributed by atoms with Crippen molar-refractivity contribution >= 4 is 6.09 Å². The van der Waals surface area contributed by atoms with Crippen LogP contribution in [-0.2, 0) is 4.74 Å². The number of cyclic esters (lactones) is 1. The molecule has 2 atom stereocenters. The van der Waals surface area contributed by atoms with Gasteiger partial charge in [-0.05, 0) is 6.42 Å². The third-order valence-corrected chi connectivity index (χ3v) is 1.61. The number of alkyl carbamates (subject to hydrolysis) is 1. The number of carbonyl (C=O) groups excluding carboxylic acids is 1. The Labute approximate surface area is 59.2 Å². The molecular formula is C6H11NO3. The quantitative estimate of drug-likeness (QED) is 0.568. The van der Waals surface area contributed by atoms with E-state index in [0.717, 1.165) is 6.42 Å². The monoisotopic (exact) mass is 145 g/mol. The Morgan fingerprint density at radius 1 is 1.80 bits per heavy atom. The van der Waals surface area contributed by atoms with Crippen LogP contribution in [0.25, 0.3) is 0 Å². The lowest BCUT2D eigenvalue weighted by molar-refractivity contribution is 0.116. The molecule has 0 aliphatic carbocycles. The normalized spacial score (nSPS) is 31.6. The molecule has 0 aromatic rings. The minimum Gasteiger partial charge on any atom is -0.444 e. The molecule has 10 heavy (non-hydrogen) atoms. The second kappa shape index (κ2) is 2.88. The fraction of sp³-hybridized carbons (Fsp3) is 0.833. The third-order valence-electron chi connectivity index (χ3n) is 1.61. The number of carbonyl (C=O) groups is 1. The smallest absolute Gasteiger partial charge is 0.407 e. The zero-order valence-electron chi connectivity index (χ0n) is 5.83. The van der Waals surface area contributed by atoms with Crippen molar-refractivity contribution in [1.82, 2.24) is 5.32 Å². The van der Waals surface area contributed by atoms with Crippen LogP contribution in [-0.4, -0.2) is 30.0 Å². The highest BCUT2D eigenvalue weighted by Gasteiger charge is 2.31. The topological polar surface area (TPSA) is 58.6 Å². The average molecular weight is 145 g/mol. The van der Waals surface area contributed by atoms with Gasteiger partial charge in [0.25, 0.3) is 0 Å². The molecule has 1 heterocycles. The molecule has 0 aromatic heterocycles. The summed E-state index contributed by atoms with van der Waals surface area (Å²) in [5.41, 5.74) is 0. The van der Waals surface area contributed by atoms with Crippen LogP contribution in [0.3, 0.4) is 0 Å². The Bertz CT molecular complexity index is 123. The van der Waals surface area contributed by atoms with Gasteiger partial charge in [0.15, 0.2) is 0 Å². The lowest BCUT2D eigenvalue weighted by atomic mass is 10.1. The third kappa shape index (κ3) is 1.21. The molecule has 1 aliphatic heterocycles. The number of nitrogens with one attached hydrogen (secondary N) is 1. The molecule has 0 aromatic carbocycles. The molecule has 0 spiro atoms. The Morgan fingerprint density at radius 3 is 2.90 bits per heavy atom. The molecule has 1 fully saturated rings. The van der Waals surface area contributed by atoms with Gasteiger partial charge in [-0.1, -0.05) is 6.92 Å². The van der Waals surface area contributed by atoms with E-state index in [2.05, 4.69) is 5.32 Å². The van der Waals surface area contributed by atoms with Crippen molar-refractivity contribution in [3.05, 3.63) is 0 Å². The van der Waals surface area contributed by atoms with Gasteiger partial charge in [-0.3, -0.25) is 0 Å². The number of aliphatic hydroxyl groups excluding tert-OH is 1. The Hall–Kier alpha value is -0.770. The van der Waals surface area contributed by atoms with Crippen molar-refractivity contribution in [3.63, 3.8) is 0 Å². The number of hydrogen-bond donors (Lipinski definition) is 2. The summed E-state index contributed by atoms with van der Waals surface area (Å²) in [6.45, 7) is 1.86. The number of ether oxygens (including phenoxy) is 1. The molecular weight excluding hydrogens is 134 g/mol. The van der Waals surface area contributed by atoms with E-state index >= 15 is 0 Å². The zero-order chi connectivity index (χ0) is 7.56. The molecule has 0 bridgehead atoms. The van der Waals surface area contributed by atoms with Gasteiger partial charge in [-0.2, -0.15) is 0 Å². The first-order chi connectivity index (χ1) is 4.77. The van der Waals surface area contributed by atoms with Crippen LogP contribution in [0.15, 0.2) is 0 Å². The number of rotatable bonds is 2. The summed E-state index contributed by atoms with van der Waals surface area (Å²) in [5.74, 6) is 0. The van der Waals surface area contributed by atoms with E-state index in [1.54, 1.807) is 0 Å². The lowest BCUT2D eigenvalue weighted by Gasteiger charge is -2.10. The summed E-state index contributed by atoms with van der Waals surface area (Å²) in [6, 6.07) is -0.211. The van der Waals surface area contributed by atoms with Crippen LogP contribution < -0.4 is 5.32 Å². The van der Waals surface area contributed by atoms with E-state index in [1.165, 1.54) is 0 Å². The van der Waals surface area contributed by atoms with Gasteiger partial charge in [-0.15, -0.1) is 0 Å². The highest BCUT2D eigenvalue weighted by Crippen LogP contribution is 2.10. The van der Waals surface area contributed by atoms with Gasteiger partial charge in [0.05, 0.1) is 12.6 Å². The van der Waals surface area contributed by atoms with Gasteiger partial charge in [0.1, 0.15) is 6.10 Å². The first-order valence-electron chi connectivity index (χ1n) is 3.36. The van der Waals surface area contributed by atoms with E-state index in [4.69, 9.17) is 9.84 Å². The van der Waals surface area contributed by atoms with E-state index in [9.17, 15) is 4.79 Å². The highest BCUT2D eigenvalue weighted by molar-refractivity contribution is 5.70. The van der Waals surface area contributed by atoms with Gasteiger partial charge in [0, 0.05) is 0 Å². The molecule has 4 heteroatoms. The number of hydrogen-bond acceptors (Lipinski definition) is 3. The summed E-state index contributed by atoms with van der Waals surface area (Å²) in [7, 11) is 0. The molecule has 2 N–H and O–H groups in total. The van der Waals surface area contributed by atoms with E-state index < -0.39 is 6.09 Å². The second-order valence-electron chi connectivity index (χ2n) is 2.29. The maximum Gasteiger partial charge on any atom is 0.407 e. The molecule has 0 unspecified atom stereocenters. The van der Waals surface area contributed by atoms with Crippen molar-refractivity contribution in [2.75, 3.05) is 6.61 Å². The highest BCUT2D eigenvalue weighted by atomic mass is 16.6. The molecule has 1 rings (SSSR count). The Morgan fingerprint density at radius 2 is 2.50 bits per heavy atom. The largest absolute Gasteiger partial charge is 0.444 e. The molecule has 1 aliphatic rings. The van der Waals surface area contributed by atoms with Gasteiger partial charge < -0.3 is 15.2 Å². The van der Waals surface area contributed by atoms with E-state index in [-0.39, 0.29) is 18.8 Å². The molecule has 58 valence electrons. The van der Waals surface area contributed by atoms with Crippen LogP contribution in [0.5, 0.6) is 0 Å². The molecule has 0 radical (unpaired) electrons.